The zero-order valence-electron chi connectivity index (χ0n) is 10.4. The molecule has 6 heteroatoms. The summed E-state index contributed by atoms with van der Waals surface area (Å²) >= 11 is 0. The molecule has 0 radical (unpaired) electrons. The van der Waals surface area contributed by atoms with Crippen molar-refractivity contribution in [3.8, 4) is 0 Å². The van der Waals surface area contributed by atoms with Gasteiger partial charge in [-0.3, -0.25) is 9.67 Å². The Bertz CT molecular complexity index is 585. The Balaban J connectivity index is 2.38. The number of nitrogens with zero attached hydrogens (tertiary/aromatic N) is 3. The lowest BCUT2D eigenvalue weighted by molar-refractivity contribution is 0.0697. The molecule has 0 aromatic carbocycles. The zero-order chi connectivity index (χ0) is 13.3. The van der Waals surface area contributed by atoms with Crippen molar-refractivity contribution in [1.29, 1.82) is 0 Å². The zero-order valence-corrected chi connectivity index (χ0v) is 10.4. The van der Waals surface area contributed by atoms with Gasteiger partial charge in [-0.25, -0.2) is 4.79 Å². The normalized spacial score (nSPS) is 10.4. The maximum Gasteiger partial charge on any atom is 0.339 e. The molecule has 2 aromatic heterocycles. The van der Waals surface area contributed by atoms with Crippen molar-refractivity contribution in [3.63, 3.8) is 0 Å². The van der Waals surface area contributed by atoms with Gasteiger partial charge in [0.2, 0.25) is 0 Å². The van der Waals surface area contributed by atoms with Crippen LogP contribution < -0.4 is 5.32 Å². The third kappa shape index (κ3) is 2.32. The van der Waals surface area contributed by atoms with Crippen LogP contribution in [0.25, 0.3) is 0 Å². The monoisotopic (exact) mass is 246 g/mol. The van der Waals surface area contributed by atoms with Gasteiger partial charge >= 0.3 is 5.97 Å². The lowest BCUT2D eigenvalue weighted by Crippen LogP contribution is -2.05. The van der Waals surface area contributed by atoms with E-state index in [1.165, 1.54) is 6.20 Å². The fourth-order valence-corrected chi connectivity index (χ4v) is 1.59. The van der Waals surface area contributed by atoms with Crippen LogP contribution in [-0.4, -0.2) is 25.8 Å². The molecule has 0 aliphatic heterocycles. The first kappa shape index (κ1) is 12.1. The quantitative estimate of drug-likeness (QED) is 0.864. The van der Waals surface area contributed by atoms with E-state index in [0.717, 1.165) is 11.4 Å². The van der Waals surface area contributed by atoms with Crippen molar-refractivity contribution in [1.82, 2.24) is 14.8 Å². The van der Waals surface area contributed by atoms with Crippen LogP contribution in [0.1, 0.15) is 21.7 Å². The molecule has 0 fully saturated rings. The summed E-state index contributed by atoms with van der Waals surface area (Å²) in [6.07, 6.45) is 1.34. The molecule has 94 valence electrons. The molecule has 0 saturated carbocycles. The number of rotatable bonds is 3. The van der Waals surface area contributed by atoms with E-state index in [1.807, 2.05) is 20.0 Å². The fourth-order valence-electron chi connectivity index (χ4n) is 1.59. The molecule has 2 aromatic rings. The van der Waals surface area contributed by atoms with Crippen molar-refractivity contribution in [2.24, 2.45) is 7.05 Å². The summed E-state index contributed by atoms with van der Waals surface area (Å²) in [5.41, 5.74) is 2.35. The summed E-state index contributed by atoms with van der Waals surface area (Å²) in [6, 6.07) is 3.54. The summed E-state index contributed by atoms with van der Waals surface area (Å²) in [7, 11) is 1.83. The minimum atomic E-state index is -1.02. The Morgan fingerprint density at radius 2 is 2.11 bits per heavy atom. The van der Waals surface area contributed by atoms with Gasteiger partial charge in [-0.2, -0.15) is 5.10 Å². The summed E-state index contributed by atoms with van der Waals surface area (Å²) < 4.78 is 1.72. The highest BCUT2D eigenvalue weighted by molar-refractivity contribution is 5.94. The van der Waals surface area contributed by atoms with Gasteiger partial charge in [0.05, 0.1) is 5.69 Å². The first-order valence-corrected chi connectivity index (χ1v) is 5.45. The predicted molar refractivity (Wildman–Crippen MR) is 67.2 cm³/mol. The van der Waals surface area contributed by atoms with E-state index < -0.39 is 5.97 Å². The van der Waals surface area contributed by atoms with Crippen molar-refractivity contribution in [3.05, 3.63) is 35.3 Å². The SMILES string of the molecule is Cc1cc(Nc2cc(C)n(C)n2)c(C(=O)O)cn1. The smallest absolute Gasteiger partial charge is 0.339 e. The van der Waals surface area contributed by atoms with E-state index in [0.29, 0.717) is 11.5 Å². The van der Waals surface area contributed by atoms with Crippen LogP contribution in [0, 0.1) is 13.8 Å². The first-order chi connectivity index (χ1) is 8.47. The third-order valence-electron chi connectivity index (χ3n) is 2.65. The summed E-state index contributed by atoms with van der Waals surface area (Å²) in [6.45, 7) is 3.73. The van der Waals surface area contributed by atoms with E-state index in [4.69, 9.17) is 5.11 Å². The number of carboxylic acid groups (broad SMARTS) is 1. The Hall–Kier alpha value is -2.37. The van der Waals surface area contributed by atoms with E-state index >= 15 is 0 Å². The highest BCUT2D eigenvalue weighted by Crippen LogP contribution is 2.20. The van der Waals surface area contributed by atoms with Gasteiger partial charge in [0.15, 0.2) is 5.82 Å². The van der Waals surface area contributed by atoms with E-state index in [9.17, 15) is 4.79 Å². The fraction of sp³-hybridized carbons (Fsp3) is 0.250. The number of hydrogen-bond acceptors (Lipinski definition) is 4. The van der Waals surface area contributed by atoms with Gasteiger partial charge in [-0.1, -0.05) is 0 Å². The van der Waals surface area contributed by atoms with E-state index in [1.54, 1.807) is 17.7 Å². The maximum atomic E-state index is 11.1. The molecule has 18 heavy (non-hydrogen) atoms. The number of anilines is 2. The van der Waals surface area contributed by atoms with Crippen LogP contribution in [0.5, 0.6) is 0 Å². The molecule has 0 aliphatic rings. The number of carboxylic acids is 1. The molecular weight excluding hydrogens is 232 g/mol. The van der Waals surface area contributed by atoms with Gasteiger partial charge in [0.25, 0.3) is 0 Å². The minimum absolute atomic E-state index is 0.129. The average molecular weight is 246 g/mol. The van der Waals surface area contributed by atoms with Crippen molar-refractivity contribution < 1.29 is 9.90 Å². The highest BCUT2D eigenvalue weighted by atomic mass is 16.4. The second kappa shape index (κ2) is 4.48. The molecular formula is C12H14N4O2. The molecule has 0 atom stereocenters. The number of pyridine rings is 1. The van der Waals surface area contributed by atoms with Gasteiger partial charge in [0.1, 0.15) is 5.56 Å². The Labute approximate surface area is 104 Å². The standard InChI is InChI=1S/C12H14N4O2/c1-7-4-10(9(6-13-7)12(17)18)14-11-5-8(2)16(3)15-11/h4-6H,1-3H3,(H,17,18)(H,13,14,15). The van der Waals surface area contributed by atoms with Gasteiger partial charge in [0, 0.05) is 30.7 Å². The minimum Gasteiger partial charge on any atom is -0.478 e. The molecule has 0 unspecified atom stereocenters. The number of nitrogens with one attached hydrogen (secondary N) is 1. The van der Waals surface area contributed by atoms with E-state index in [-0.39, 0.29) is 5.56 Å². The van der Waals surface area contributed by atoms with E-state index in [2.05, 4.69) is 15.4 Å². The Morgan fingerprint density at radius 1 is 1.39 bits per heavy atom. The molecule has 0 bridgehead atoms. The first-order valence-electron chi connectivity index (χ1n) is 5.45. The van der Waals surface area contributed by atoms with Crippen LogP contribution in [0.4, 0.5) is 11.5 Å². The van der Waals surface area contributed by atoms with Crippen molar-refractivity contribution in [2.45, 2.75) is 13.8 Å². The lowest BCUT2D eigenvalue weighted by atomic mass is 10.2. The molecule has 6 nitrogen and oxygen atoms in total. The topological polar surface area (TPSA) is 80.0 Å². The number of carbonyl (C=O) groups is 1. The van der Waals surface area contributed by atoms with Crippen LogP contribution in [0.2, 0.25) is 0 Å². The van der Waals surface area contributed by atoms with Crippen LogP contribution in [0.3, 0.4) is 0 Å². The molecule has 2 N–H and O–H groups in total. The van der Waals surface area contributed by atoms with Crippen LogP contribution in [0.15, 0.2) is 18.3 Å². The highest BCUT2D eigenvalue weighted by Gasteiger charge is 2.12. The molecule has 0 amide bonds. The van der Waals surface area contributed by atoms with Gasteiger partial charge in [-0.05, 0) is 19.9 Å². The molecule has 2 heterocycles. The summed E-state index contributed by atoms with van der Waals surface area (Å²) in [5.74, 6) is -0.402. The molecule has 0 spiro atoms. The largest absolute Gasteiger partial charge is 0.478 e. The Kier molecular flexibility index (Phi) is 3.01. The molecule has 2 rings (SSSR count). The molecule has 0 saturated heterocycles. The third-order valence-corrected chi connectivity index (χ3v) is 2.65. The lowest BCUT2D eigenvalue weighted by Gasteiger charge is -2.07. The van der Waals surface area contributed by atoms with Crippen LogP contribution >= 0.6 is 0 Å². The van der Waals surface area contributed by atoms with Gasteiger partial charge in [-0.15, -0.1) is 0 Å². The summed E-state index contributed by atoms with van der Waals surface area (Å²) in [4.78, 5) is 15.1. The van der Waals surface area contributed by atoms with Gasteiger partial charge < -0.3 is 10.4 Å². The second-order valence-electron chi connectivity index (χ2n) is 4.10. The number of hydrogen-bond donors (Lipinski definition) is 2. The summed E-state index contributed by atoms with van der Waals surface area (Å²) in [5, 5.41) is 16.3. The van der Waals surface area contributed by atoms with Crippen molar-refractivity contribution >= 4 is 17.5 Å². The predicted octanol–water partition coefficient (Wildman–Crippen LogP) is 1.87. The maximum absolute atomic E-state index is 11.1. The number of aromatic nitrogens is 3. The Morgan fingerprint density at radius 3 is 2.67 bits per heavy atom. The van der Waals surface area contributed by atoms with Crippen LogP contribution in [-0.2, 0) is 7.05 Å². The number of aromatic carboxylic acids is 1. The van der Waals surface area contributed by atoms with Crippen molar-refractivity contribution in [2.75, 3.05) is 5.32 Å². The molecule has 0 aliphatic carbocycles. The second-order valence-corrected chi connectivity index (χ2v) is 4.10. The average Bonchev–Trinajstić information content (AvgIpc) is 2.57. The number of aryl methyl sites for hydroxylation is 3.